The predicted molar refractivity (Wildman–Crippen MR) is 68.8 cm³/mol. The Morgan fingerprint density at radius 3 is 2.71 bits per heavy atom. The summed E-state index contributed by atoms with van der Waals surface area (Å²) in [5, 5.41) is 0. The van der Waals surface area contributed by atoms with Gasteiger partial charge in [0.05, 0.1) is 13.4 Å². The number of methoxy groups -OCH3 is 1. The van der Waals surface area contributed by atoms with E-state index in [4.69, 9.17) is 10.5 Å². The van der Waals surface area contributed by atoms with Gasteiger partial charge in [0, 0.05) is 12.1 Å². The summed E-state index contributed by atoms with van der Waals surface area (Å²) in [6.07, 6.45) is 3.51. The normalized spacial score (nSPS) is 10.2. The first-order valence-electron chi connectivity index (χ1n) is 5.32. The molecule has 0 fully saturated rings. The number of nitrogens with zero attached hydrogens (tertiary/aromatic N) is 2. The number of hydrogen-bond acceptors (Lipinski definition) is 3. The fourth-order valence-electron chi connectivity index (χ4n) is 1.65. The number of nitrogen functional groups attached to an aromatic ring is 1. The summed E-state index contributed by atoms with van der Waals surface area (Å²) >= 11 is 0. The van der Waals surface area contributed by atoms with Gasteiger partial charge in [-0.05, 0) is 24.3 Å². The van der Waals surface area contributed by atoms with Crippen LogP contribution >= 0.6 is 0 Å². The van der Waals surface area contributed by atoms with Crippen LogP contribution in [-0.4, -0.2) is 16.7 Å². The summed E-state index contributed by atoms with van der Waals surface area (Å²) in [5.74, 6) is 1.47. The monoisotopic (exact) mass is 229 g/mol. The zero-order valence-electron chi connectivity index (χ0n) is 9.76. The first kappa shape index (κ1) is 11.3. The number of anilines is 1. The highest BCUT2D eigenvalue weighted by molar-refractivity contribution is 5.70. The van der Waals surface area contributed by atoms with Crippen molar-refractivity contribution in [3.8, 4) is 17.0 Å². The fraction of sp³-hybridized carbons (Fsp3) is 0.154. The lowest BCUT2D eigenvalue weighted by molar-refractivity contribution is 0.415. The first-order valence-corrected chi connectivity index (χ1v) is 5.32. The molecule has 1 aromatic heterocycles. The Balaban J connectivity index is 2.35. The largest absolute Gasteiger partial charge is 0.497 e. The first-order chi connectivity index (χ1) is 8.26. The zero-order valence-corrected chi connectivity index (χ0v) is 9.76. The van der Waals surface area contributed by atoms with Crippen LogP contribution in [0.3, 0.4) is 0 Å². The minimum absolute atomic E-state index is 0.648. The molecule has 0 aliphatic heterocycles. The van der Waals surface area contributed by atoms with E-state index in [2.05, 4.69) is 11.6 Å². The lowest BCUT2D eigenvalue weighted by Crippen LogP contribution is -2.00. The predicted octanol–water partition coefficient (Wildman–Crippen LogP) is 2.33. The zero-order chi connectivity index (χ0) is 12.3. The number of nitrogens with two attached hydrogens (primary N) is 1. The molecule has 2 aromatic rings. The van der Waals surface area contributed by atoms with Gasteiger partial charge in [0.2, 0.25) is 0 Å². The van der Waals surface area contributed by atoms with Gasteiger partial charge in [-0.1, -0.05) is 6.08 Å². The van der Waals surface area contributed by atoms with Crippen LogP contribution in [0.2, 0.25) is 0 Å². The number of rotatable bonds is 4. The van der Waals surface area contributed by atoms with E-state index in [-0.39, 0.29) is 0 Å². The summed E-state index contributed by atoms with van der Waals surface area (Å²) in [6.45, 7) is 4.34. The van der Waals surface area contributed by atoms with Crippen LogP contribution in [0.25, 0.3) is 11.3 Å². The molecule has 0 aliphatic carbocycles. The van der Waals surface area contributed by atoms with Gasteiger partial charge in [-0.3, -0.25) is 0 Å². The molecular weight excluding hydrogens is 214 g/mol. The average molecular weight is 229 g/mol. The molecule has 0 amide bonds. The van der Waals surface area contributed by atoms with Gasteiger partial charge in [0.15, 0.2) is 0 Å². The molecule has 88 valence electrons. The van der Waals surface area contributed by atoms with Crippen LogP contribution < -0.4 is 10.5 Å². The molecule has 0 radical (unpaired) electrons. The van der Waals surface area contributed by atoms with Gasteiger partial charge in [-0.2, -0.15) is 0 Å². The lowest BCUT2D eigenvalue weighted by atomic mass is 10.1. The van der Waals surface area contributed by atoms with E-state index in [1.54, 1.807) is 19.5 Å². The molecule has 0 spiro atoms. The van der Waals surface area contributed by atoms with Crippen molar-refractivity contribution >= 4 is 5.82 Å². The molecule has 1 aromatic carbocycles. The molecule has 0 bridgehead atoms. The smallest absolute Gasteiger partial charge is 0.131 e. The van der Waals surface area contributed by atoms with Crippen molar-refractivity contribution in [2.24, 2.45) is 0 Å². The molecule has 0 unspecified atom stereocenters. The molecule has 0 saturated carbocycles. The van der Waals surface area contributed by atoms with E-state index in [0.29, 0.717) is 12.4 Å². The van der Waals surface area contributed by atoms with Gasteiger partial charge in [-0.15, -0.1) is 6.58 Å². The third kappa shape index (κ3) is 2.15. The lowest BCUT2D eigenvalue weighted by Gasteiger charge is -2.04. The van der Waals surface area contributed by atoms with Gasteiger partial charge < -0.3 is 15.0 Å². The molecule has 0 aliphatic rings. The van der Waals surface area contributed by atoms with E-state index in [0.717, 1.165) is 17.0 Å². The van der Waals surface area contributed by atoms with Crippen LogP contribution in [0.5, 0.6) is 5.75 Å². The number of benzene rings is 1. The summed E-state index contributed by atoms with van der Waals surface area (Å²) in [4.78, 5) is 4.31. The van der Waals surface area contributed by atoms with Crippen LogP contribution in [0.4, 0.5) is 5.82 Å². The van der Waals surface area contributed by atoms with Crippen LogP contribution in [0, 0.1) is 0 Å². The Bertz CT molecular complexity index is 514. The van der Waals surface area contributed by atoms with Gasteiger partial charge >= 0.3 is 0 Å². The number of allylic oxidation sites excluding steroid dienone is 1. The highest BCUT2D eigenvalue weighted by Gasteiger charge is 2.08. The molecular formula is C13H15N3O. The maximum Gasteiger partial charge on any atom is 0.131 e. The van der Waals surface area contributed by atoms with Crippen LogP contribution in [0.15, 0.2) is 43.2 Å². The summed E-state index contributed by atoms with van der Waals surface area (Å²) in [5.41, 5.74) is 7.78. The minimum atomic E-state index is 0.648. The van der Waals surface area contributed by atoms with Crippen molar-refractivity contribution < 1.29 is 4.74 Å². The molecule has 2 N–H and O–H groups in total. The van der Waals surface area contributed by atoms with Crippen LogP contribution in [0.1, 0.15) is 0 Å². The minimum Gasteiger partial charge on any atom is -0.497 e. The second kappa shape index (κ2) is 4.74. The molecule has 0 atom stereocenters. The average Bonchev–Trinajstić information content (AvgIpc) is 2.72. The Morgan fingerprint density at radius 1 is 1.41 bits per heavy atom. The Hall–Kier alpha value is -2.23. The highest BCUT2D eigenvalue weighted by atomic mass is 16.5. The number of ether oxygens (including phenoxy) is 1. The fourth-order valence-corrected chi connectivity index (χ4v) is 1.65. The standard InChI is InChI=1S/C13H15N3O/c1-3-8-16-9-15-12(13(16)14)10-4-6-11(17-2)7-5-10/h3-7,9H,1,8,14H2,2H3. The second-order valence-corrected chi connectivity index (χ2v) is 3.65. The topological polar surface area (TPSA) is 53.1 Å². The quantitative estimate of drug-likeness (QED) is 0.818. The van der Waals surface area contributed by atoms with Crippen molar-refractivity contribution in [2.45, 2.75) is 6.54 Å². The Kier molecular flexibility index (Phi) is 3.14. The van der Waals surface area contributed by atoms with Crippen molar-refractivity contribution in [3.63, 3.8) is 0 Å². The van der Waals surface area contributed by atoms with E-state index in [9.17, 15) is 0 Å². The van der Waals surface area contributed by atoms with Crippen molar-refractivity contribution in [1.82, 2.24) is 9.55 Å². The van der Waals surface area contributed by atoms with Crippen molar-refractivity contribution in [2.75, 3.05) is 12.8 Å². The maximum absolute atomic E-state index is 6.01. The molecule has 4 heteroatoms. The molecule has 2 rings (SSSR count). The second-order valence-electron chi connectivity index (χ2n) is 3.65. The number of aromatic nitrogens is 2. The van der Waals surface area contributed by atoms with E-state index in [1.165, 1.54) is 0 Å². The maximum atomic E-state index is 6.01. The van der Waals surface area contributed by atoms with Crippen LogP contribution in [-0.2, 0) is 6.54 Å². The van der Waals surface area contributed by atoms with Crippen molar-refractivity contribution in [3.05, 3.63) is 43.2 Å². The molecule has 17 heavy (non-hydrogen) atoms. The SMILES string of the molecule is C=CCn1cnc(-c2ccc(OC)cc2)c1N. The molecule has 4 nitrogen and oxygen atoms in total. The van der Waals surface area contributed by atoms with E-state index >= 15 is 0 Å². The highest BCUT2D eigenvalue weighted by Crippen LogP contribution is 2.25. The summed E-state index contributed by atoms with van der Waals surface area (Å²) < 4.78 is 6.96. The Labute approximate surface area is 100 Å². The van der Waals surface area contributed by atoms with Crippen molar-refractivity contribution in [1.29, 1.82) is 0 Å². The van der Waals surface area contributed by atoms with Gasteiger partial charge in [0.25, 0.3) is 0 Å². The molecule has 1 heterocycles. The number of hydrogen-bond donors (Lipinski definition) is 1. The number of imidazole rings is 1. The Morgan fingerprint density at radius 2 is 2.12 bits per heavy atom. The van der Waals surface area contributed by atoms with E-state index < -0.39 is 0 Å². The third-order valence-corrected chi connectivity index (χ3v) is 2.57. The third-order valence-electron chi connectivity index (χ3n) is 2.57. The summed E-state index contributed by atoms with van der Waals surface area (Å²) in [7, 11) is 1.64. The van der Waals surface area contributed by atoms with Gasteiger partial charge in [-0.25, -0.2) is 4.98 Å². The summed E-state index contributed by atoms with van der Waals surface area (Å²) in [6, 6.07) is 7.66. The molecule has 0 saturated heterocycles. The van der Waals surface area contributed by atoms with E-state index in [1.807, 2.05) is 28.8 Å². The van der Waals surface area contributed by atoms with Gasteiger partial charge in [0.1, 0.15) is 17.3 Å².